The van der Waals surface area contributed by atoms with E-state index in [4.69, 9.17) is 10.5 Å². The van der Waals surface area contributed by atoms with Crippen LogP contribution in [0.5, 0.6) is 0 Å². The van der Waals surface area contributed by atoms with Gasteiger partial charge in [0.15, 0.2) is 0 Å². The molecule has 1 atom stereocenters. The highest BCUT2D eigenvalue weighted by molar-refractivity contribution is 5.72. The largest absolute Gasteiger partial charge is 0.464 e. The first-order chi connectivity index (χ1) is 6.11. The molecule has 0 aromatic carbocycles. The summed E-state index contributed by atoms with van der Waals surface area (Å²) < 4.78 is 5.04. The van der Waals surface area contributed by atoms with Gasteiger partial charge in [-0.1, -0.05) is 6.92 Å². The number of ether oxygens (including phenoxy) is 1. The highest BCUT2D eigenvalue weighted by atomic mass is 16.5. The number of nitrogens with zero attached hydrogens (tertiary/aromatic N) is 1. The number of carbonyl (C=O) groups excluding carboxylic acids is 1. The van der Waals surface area contributed by atoms with Crippen molar-refractivity contribution < 1.29 is 9.53 Å². The van der Waals surface area contributed by atoms with Crippen LogP contribution in [-0.4, -0.2) is 44.7 Å². The summed E-state index contributed by atoms with van der Waals surface area (Å²) in [5, 5.41) is 0. The Morgan fingerprint density at radius 3 is 2.54 bits per heavy atom. The second-order valence-electron chi connectivity index (χ2n) is 3.31. The molecule has 0 spiro atoms. The molecule has 4 heteroatoms. The van der Waals surface area contributed by atoms with Gasteiger partial charge in [-0.2, -0.15) is 0 Å². The van der Waals surface area contributed by atoms with E-state index in [0.717, 1.165) is 13.0 Å². The fourth-order valence-electron chi connectivity index (χ4n) is 0.876. The lowest BCUT2D eigenvalue weighted by molar-refractivity contribution is -0.148. The maximum Gasteiger partial charge on any atom is 0.310 e. The summed E-state index contributed by atoms with van der Waals surface area (Å²) in [4.78, 5) is 13.2. The number of hydrogen-bond acceptors (Lipinski definition) is 4. The molecule has 2 N–H and O–H groups in total. The highest BCUT2D eigenvalue weighted by Crippen LogP contribution is 2.02. The van der Waals surface area contributed by atoms with Gasteiger partial charge in [-0.15, -0.1) is 0 Å². The molecule has 0 rings (SSSR count). The van der Waals surface area contributed by atoms with Gasteiger partial charge in [0.2, 0.25) is 0 Å². The van der Waals surface area contributed by atoms with Gasteiger partial charge >= 0.3 is 5.97 Å². The monoisotopic (exact) mass is 188 g/mol. The summed E-state index contributed by atoms with van der Waals surface area (Å²) in [5.74, 6) is -0.311. The van der Waals surface area contributed by atoms with E-state index < -0.39 is 0 Å². The van der Waals surface area contributed by atoms with Crippen LogP contribution < -0.4 is 5.73 Å². The second-order valence-corrected chi connectivity index (χ2v) is 3.31. The molecule has 0 radical (unpaired) electrons. The Morgan fingerprint density at radius 2 is 2.15 bits per heavy atom. The van der Waals surface area contributed by atoms with Gasteiger partial charge in [0.05, 0.1) is 5.92 Å². The van der Waals surface area contributed by atoms with Gasteiger partial charge in [0.25, 0.3) is 0 Å². The van der Waals surface area contributed by atoms with Crippen molar-refractivity contribution in [2.75, 3.05) is 33.8 Å². The van der Waals surface area contributed by atoms with Crippen molar-refractivity contribution in [2.24, 2.45) is 11.7 Å². The van der Waals surface area contributed by atoms with E-state index in [-0.39, 0.29) is 11.9 Å². The lowest BCUT2D eigenvalue weighted by atomic mass is 10.1. The summed E-state index contributed by atoms with van der Waals surface area (Å²) in [6.07, 6.45) is 0.747. The Labute approximate surface area is 80.0 Å². The Hall–Kier alpha value is -0.610. The molecule has 13 heavy (non-hydrogen) atoms. The molecule has 0 saturated heterocycles. The second kappa shape index (κ2) is 6.86. The van der Waals surface area contributed by atoms with Crippen LogP contribution >= 0.6 is 0 Å². The van der Waals surface area contributed by atoms with Gasteiger partial charge in [-0.25, -0.2) is 0 Å². The summed E-state index contributed by atoms with van der Waals surface area (Å²) in [6.45, 7) is 3.51. The van der Waals surface area contributed by atoms with Crippen LogP contribution in [0.3, 0.4) is 0 Å². The van der Waals surface area contributed by atoms with E-state index in [0.29, 0.717) is 13.2 Å². The standard InChI is InChI=1S/C9H20N2O2/c1-4-8(7-10)9(12)13-6-5-11(2)3/h8H,4-7,10H2,1-3H3. The number of likely N-dealkylation sites (N-methyl/N-ethyl adjacent to an activating group) is 1. The van der Waals surface area contributed by atoms with Gasteiger partial charge in [-0.05, 0) is 20.5 Å². The van der Waals surface area contributed by atoms with Crippen LogP contribution in [0, 0.1) is 5.92 Å². The quantitative estimate of drug-likeness (QED) is 0.600. The van der Waals surface area contributed by atoms with Gasteiger partial charge in [0, 0.05) is 13.1 Å². The third-order valence-corrected chi connectivity index (χ3v) is 1.89. The molecular weight excluding hydrogens is 168 g/mol. The molecule has 0 fully saturated rings. The Bertz CT molecular complexity index is 145. The number of hydrogen-bond donors (Lipinski definition) is 1. The summed E-state index contributed by atoms with van der Waals surface area (Å²) >= 11 is 0. The van der Waals surface area contributed by atoms with Crippen molar-refractivity contribution >= 4 is 5.97 Å². The average Bonchev–Trinajstić information content (AvgIpc) is 2.05. The summed E-state index contributed by atoms with van der Waals surface area (Å²) in [5.41, 5.74) is 5.40. The first-order valence-corrected chi connectivity index (χ1v) is 4.63. The van der Waals surface area contributed by atoms with Crippen molar-refractivity contribution in [1.29, 1.82) is 0 Å². The molecule has 0 saturated carbocycles. The molecule has 0 aliphatic heterocycles. The summed E-state index contributed by atoms with van der Waals surface area (Å²) in [7, 11) is 3.88. The average molecular weight is 188 g/mol. The van der Waals surface area contributed by atoms with E-state index in [2.05, 4.69) is 0 Å². The fraction of sp³-hybridized carbons (Fsp3) is 0.889. The molecule has 0 aromatic heterocycles. The van der Waals surface area contributed by atoms with Crippen molar-refractivity contribution in [3.63, 3.8) is 0 Å². The van der Waals surface area contributed by atoms with E-state index >= 15 is 0 Å². The molecule has 0 aliphatic carbocycles. The smallest absolute Gasteiger partial charge is 0.310 e. The SMILES string of the molecule is CCC(CN)C(=O)OCCN(C)C. The minimum Gasteiger partial charge on any atom is -0.464 e. The van der Waals surface area contributed by atoms with Crippen molar-refractivity contribution in [2.45, 2.75) is 13.3 Å². The number of carbonyl (C=O) groups is 1. The number of nitrogens with two attached hydrogens (primary N) is 1. The van der Waals surface area contributed by atoms with Crippen LogP contribution in [0.4, 0.5) is 0 Å². The van der Waals surface area contributed by atoms with Gasteiger partial charge in [-0.3, -0.25) is 4.79 Å². The van der Waals surface area contributed by atoms with E-state index in [1.54, 1.807) is 0 Å². The van der Waals surface area contributed by atoms with Crippen LogP contribution in [0.15, 0.2) is 0 Å². The first-order valence-electron chi connectivity index (χ1n) is 4.63. The zero-order valence-electron chi connectivity index (χ0n) is 8.75. The van der Waals surface area contributed by atoms with Crippen LogP contribution in [0.2, 0.25) is 0 Å². The molecule has 0 amide bonds. The minimum atomic E-state index is -0.174. The molecular formula is C9H20N2O2. The topological polar surface area (TPSA) is 55.6 Å². The molecule has 0 heterocycles. The normalized spacial score (nSPS) is 13.0. The highest BCUT2D eigenvalue weighted by Gasteiger charge is 2.15. The van der Waals surface area contributed by atoms with Gasteiger partial charge in [0.1, 0.15) is 6.61 Å². The molecule has 78 valence electrons. The van der Waals surface area contributed by atoms with Crippen LogP contribution in [-0.2, 0) is 9.53 Å². The predicted molar refractivity (Wildman–Crippen MR) is 52.3 cm³/mol. The minimum absolute atomic E-state index is 0.137. The third-order valence-electron chi connectivity index (χ3n) is 1.89. The zero-order valence-corrected chi connectivity index (χ0v) is 8.75. The predicted octanol–water partition coefficient (Wildman–Crippen LogP) is 0.0761. The van der Waals surface area contributed by atoms with Gasteiger partial charge < -0.3 is 15.4 Å². The third kappa shape index (κ3) is 5.60. The van der Waals surface area contributed by atoms with Crippen molar-refractivity contribution in [3.8, 4) is 0 Å². The zero-order chi connectivity index (χ0) is 10.3. The number of rotatable bonds is 6. The maximum atomic E-state index is 11.3. The first kappa shape index (κ1) is 12.4. The molecule has 0 bridgehead atoms. The Kier molecular flexibility index (Phi) is 6.54. The van der Waals surface area contributed by atoms with Crippen LogP contribution in [0.25, 0.3) is 0 Å². The van der Waals surface area contributed by atoms with E-state index in [9.17, 15) is 4.79 Å². The molecule has 4 nitrogen and oxygen atoms in total. The Morgan fingerprint density at radius 1 is 1.54 bits per heavy atom. The lowest BCUT2D eigenvalue weighted by Crippen LogP contribution is -2.27. The molecule has 0 aliphatic rings. The van der Waals surface area contributed by atoms with E-state index in [1.807, 2.05) is 25.9 Å². The van der Waals surface area contributed by atoms with Crippen molar-refractivity contribution in [1.82, 2.24) is 4.90 Å². The molecule has 1 unspecified atom stereocenters. The maximum absolute atomic E-state index is 11.3. The Balaban J connectivity index is 3.60. The van der Waals surface area contributed by atoms with E-state index in [1.165, 1.54) is 0 Å². The van der Waals surface area contributed by atoms with Crippen molar-refractivity contribution in [3.05, 3.63) is 0 Å². The van der Waals surface area contributed by atoms with Crippen LogP contribution in [0.1, 0.15) is 13.3 Å². The summed E-state index contributed by atoms with van der Waals surface area (Å²) in [6, 6.07) is 0. The molecule has 0 aromatic rings. The number of esters is 1. The lowest BCUT2D eigenvalue weighted by Gasteiger charge is -2.13. The fourth-order valence-corrected chi connectivity index (χ4v) is 0.876.